The predicted molar refractivity (Wildman–Crippen MR) is 84.8 cm³/mol. The summed E-state index contributed by atoms with van der Waals surface area (Å²) in [6.07, 6.45) is 3.44. The van der Waals surface area contributed by atoms with Gasteiger partial charge in [-0.25, -0.2) is 0 Å². The molecule has 0 aliphatic heterocycles. The number of nitrogens with zero attached hydrogens (tertiary/aromatic N) is 1. The van der Waals surface area contributed by atoms with Gasteiger partial charge in [0.15, 0.2) is 0 Å². The van der Waals surface area contributed by atoms with Gasteiger partial charge >= 0.3 is 0 Å². The van der Waals surface area contributed by atoms with E-state index in [1.54, 1.807) is 18.5 Å². The third kappa shape index (κ3) is 2.93. The number of aliphatic hydroxyl groups excluding tert-OH is 1. The van der Waals surface area contributed by atoms with Crippen LogP contribution in [-0.4, -0.2) is 16.0 Å². The number of primary amides is 1. The number of carbonyl (C=O) groups is 1. The molecule has 0 spiro atoms. The van der Waals surface area contributed by atoms with Gasteiger partial charge in [0.2, 0.25) is 0 Å². The molecule has 1 aromatic carbocycles. The number of carbonyl (C=O) groups excluding carboxylic acids is 1. The third-order valence-electron chi connectivity index (χ3n) is 3.27. The van der Waals surface area contributed by atoms with E-state index in [9.17, 15) is 4.79 Å². The molecule has 0 unspecified atom stereocenters. The highest BCUT2D eigenvalue weighted by Crippen LogP contribution is 2.28. The molecule has 3 N–H and O–H groups in total. The maximum Gasteiger partial charge on any atom is 0.258 e. The summed E-state index contributed by atoms with van der Waals surface area (Å²) in [7, 11) is 0. The van der Waals surface area contributed by atoms with Crippen LogP contribution in [0.4, 0.5) is 0 Å². The van der Waals surface area contributed by atoms with Crippen LogP contribution in [0.1, 0.15) is 20.8 Å². The smallest absolute Gasteiger partial charge is 0.258 e. The second-order valence-corrected chi connectivity index (χ2v) is 5.86. The summed E-state index contributed by atoms with van der Waals surface area (Å²) < 4.78 is 6.64. The molecule has 6 heteroatoms. The highest BCUT2D eigenvalue weighted by Gasteiger charge is 2.10. The molecule has 3 rings (SSSR count). The number of benzene rings is 1. The molecule has 0 fully saturated rings. The van der Waals surface area contributed by atoms with Crippen LogP contribution in [0.2, 0.25) is 0 Å². The first-order valence-corrected chi connectivity index (χ1v) is 7.48. The van der Waals surface area contributed by atoms with Crippen molar-refractivity contribution in [3.8, 4) is 5.75 Å². The van der Waals surface area contributed by atoms with Crippen LogP contribution in [0, 0.1) is 0 Å². The molecule has 22 heavy (non-hydrogen) atoms. The topological polar surface area (TPSA) is 85.4 Å². The number of ether oxygens (including phenoxy) is 1. The van der Waals surface area contributed by atoms with E-state index < -0.39 is 5.91 Å². The number of aromatic nitrogens is 1. The van der Waals surface area contributed by atoms with E-state index in [1.807, 2.05) is 24.3 Å². The molecule has 0 aliphatic carbocycles. The fraction of sp³-hybridized carbons (Fsp3) is 0.125. The number of hydrogen-bond donors (Lipinski definition) is 2. The molecule has 0 radical (unpaired) electrons. The van der Waals surface area contributed by atoms with Crippen molar-refractivity contribution < 1.29 is 14.6 Å². The first-order valence-electron chi connectivity index (χ1n) is 6.66. The van der Waals surface area contributed by atoms with Gasteiger partial charge in [0.05, 0.1) is 16.2 Å². The van der Waals surface area contributed by atoms with Crippen LogP contribution in [-0.2, 0) is 13.2 Å². The van der Waals surface area contributed by atoms with Gasteiger partial charge in [-0.15, -0.1) is 11.3 Å². The van der Waals surface area contributed by atoms with Gasteiger partial charge in [-0.05, 0) is 23.8 Å². The zero-order chi connectivity index (χ0) is 15.5. The van der Waals surface area contributed by atoms with E-state index in [-0.39, 0.29) is 6.61 Å². The zero-order valence-electron chi connectivity index (χ0n) is 11.7. The lowest BCUT2D eigenvalue weighted by Crippen LogP contribution is -2.08. The Morgan fingerprint density at radius 3 is 2.73 bits per heavy atom. The molecule has 0 bridgehead atoms. The van der Waals surface area contributed by atoms with Crippen molar-refractivity contribution in [2.75, 3.05) is 0 Å². The minimum absolute atomic E-state index is 0.00824. The van der Waals surface area contributed by atoms with Crippen LogP contribution in [0.3, 0.4) is 0 Å². The molecule has 0 saturated heterocycles. The summed E-state index contributed by atoms with van der Waals surface area (Å²) in [5.74, 6) is 0.271. The first-order chi connectivity index (χ1) is 10.7. The SMILES string of the molecule is NC(=O)c1cc2c(COc3ccc(CO)cc3)cncc2s1. The van der Waals surface area contributed by atoms with Crippen LogP contribution >= 0.6 is 11.3 Å². The summed E-state index contributed by atoms with van der Waals surface area (Å²) >= 11 is 1.33. The highest BCUT2D eigenvalue weighted by atomic mass is 32.1. The van der Waals surface area contributed by atoms with Gasteiger partial charge in [-0.2, -0.15) is 0 Å². The minimum atomic E-state index is -0.437. The average Bonchev–Trinajstić information content (AvgIpc) is 2.98. The van der Waals surface area contributed by atoms with Gasteiger partial charge in [0.1, 0.15) is 12.4 Å². The largest absolute Gasteiger partial charge is 0.489 e. The number of pyridine rings is 1. The van der Waals surface area contributed by atoms with Gasteiger partial charge in [0.25, 0.3) is 5.91 Å². The average molecular weight is 314 g/mol. The Morgan fingerprint density at radius 1 is 1.27 bits per heavy atom. The van der Waals surface area contributed by atoms with Gasteiger partial charge in [0, 0.05) is 23.3 Å². The fourth-order valence-corrected chi connectivity index (χ4v) is 3.03. The summed E-state index contributed by atoms with van der Waals surface area (Å²) in [5, 5.41) is 9.95. The molecule has 0 saturated carbocycles. The van der Waals surface area contributed by atoms with E-state index in [4.69, 9.17) is 15.6 Å². The van der Waals surface area contributed by atoms with Crippen molar-refractivity contribution in [1.82, 2.24) is 4.98 Å². The Morgan fingerprint density at radius 2 is 2.05 bits per heavy atom. The van der Waals surface area contributed by atoms with Crippen LogP contribution < -0.4 is 10.5 Å². The van der Waals surface area contributed by atoms with Crippen LogP contribution in [0.15, 0.2) is 42.7 Å². The van der Waals surface area contributed by atoms with Gasteiger partial charge < -0.3 is 15.6 Å². The molecular weight excluding hydrogens is 300 g/mol. The fourth-order valence-electron chi connectivity index (χ4n) is 2.11. The molecule has 2 heterocycles. The van der Waals surface area contributed by atoms with Crippen LogP contribution in [0.5, 0.6) is 5.75 Å². The summed E-state index contributed by atoms with van der Waals surface area (Å²) in [5.41, 5.74) is 7.05. The number of fused-ring (bicyclic) bond motifs is 1. The second-order valence-electron chi connectivity index (χ2n) is 4.78. The third-order valence-corrected chi connectivity index (χ3v) is 4.36. The zero-order valence-corrected chi connectivity index (χ0v) is 12.5. The van der Waals surface area contributed by atoms with Crippen molar-refractivity contribution in [3.05, 3.63) is 58.7 Å². The number of hydrogen-bond acceptors (Lipinski definition) is 5. The standard InChI is InChI=1S/C16H14N2O3S/c17-16(20)14-5-13-11(6-18-7-15(13)22-14)9-21-12-3-1-10(8-19)2-4-12/h1-7,19H,8-9H2,(H2,17,20). The Kier molecular flexibility index (Phi) is 4.04. The second kappa shape index (κ2) is 6.13. The van der Waals surface area contributed by atoms with E-state index in [1.165, 1.54) is 11.3 Å². The van der Waals surface area contributed by atoms with Gasteiger partial charge in [-0.3, -0.25) is 9.78 Å². The number of nitrogens with two attached hydrogens (primary N) is 1. The predicted octanol–water partition coefficient (Wildman–Crippen LogP) is 2.47. The Bertz CT molecular complexity index is 812. The molecule has 5 nitrogen and oxygen atoms in total. The molecule has 1 amide bonds. The lowest BCUT2D eigenvalue weighted by Gasteiger charge is -2.07. The van der Waals surface area contributed by atoms with Crippen molar-refractivity contribution in [2.45, 2.75) is 13.2 Å². The summed E-state index contributed by atoms with van der Waals surface area (Å²) in [6.45, 7) is 0.353. The van der Waals surface area contributed by atoms with E-state index in [2.05, 4.69) is 4.98 Å². The van der Waals surface area contributed by atoms with Crippen molar-refractivity contribution >= 4 is 27.3 Å². The summed E-state index contributed by atoms with van der Waals surface area (Å²) in [4.78, 5) is 16.0. The van der Waals surface area contributed by atoms with E-state index in [0.29, 0.717) is 17.2 Å². The molecule has 0 aliphatic rings. The van der Waals surface area contributed by atoms with Crippen molar-refractivity contribution in [2.24, 2.45) is 5.73 Å². The molecular formula is C16H14N2O3S. The maximum absolute atomic E-state index is 11.3. The number of rotatable bonds is 5. The molecule has 3 aromatic rings. The first kappa shape index (κ1) is 14.5. The van der Waals surface area contributed by atoms with E-state index in [0.717, 1.165) is 21.2 Å². The normalized spacial score (nSPS) is 10.8. The van der Waals surface area contributed by atoms with Crippen molar-refractivity contribution in [3.63, 3.8) is 0 Å². The quantitative estimate of drug-likeness (QED) is 0.757. The van der Waals surface area contributed by atoms with Gasteiger partial charge in [-0.1, -0.05) is 12.1 Å². The number of thiophene rings is 1. The number of amides is 1. The lowest BCUT2D eigenvalue weighted by atomic mass is 10.2. The van der Waals surface area contributed by atoms with Crippen LogP contribution in [0.25, 0.3) is 10.1 Å². The minimum Gasteiger partial charge on any atom is -0.489 e. The molecule has 2 aromatic heterocycles. The molecule has 0 atom stereocenters. The monoisotopic (exact) mass is 314 g/mol. The maximum atomic E-state index is 11.3. The molecule has 112 valence electrons. The highest BCUT2D eigenvalue weighted by molar-refractivity contribution is 7.20. The Labute approximate surface area is 131 Å². The summed E-state index contributed by atoms with van der Waals surface area (Å²) in [6, 6.07) is 9.01. The number of aliphatic hydroxyl groups is 1. The van der Waals surface area contributed by atoms with Crippen molar-refractivity contribution in [1.29, 1.82) is 0 Å². The van der Waals surface area contributed by atoms with E-state index >= 15 is 0 Å². The Hall–Kier alpha value is -2.44. The Balaban J connectivity index is 1.82. The lowest BCUT2D eigenvalue weighted by molar-refractivity contribution is 0.100.